The van der Waals surface area contributed by atoms with E-state index in [9.17, 15) is 12.8 Å². The van der Waals surface area contributed by atoms with Gasteiger partial charge in [-0.1, -0.05) is 24.1 Å². The van der Waals surface area contributed by atoms with Gasteiger partial charge in [-0.15, -0.1) is 0 Å². The highest BCUT2D eigenvalue weighted by molar-refractivity contribution is 7.89. The third kappa shape index (κ3) is 3.69. The molecule has 0 heterocycles. The van der Waals surface area contributed by atoms with E-state index in [1.165, 1.54) is 40.7 Å². The van der Waals surface area contributed by atoms with Gasteiger partial charge in [0, 0.05) is 23.2 Å². The van der Waals surface area contributed by atoms with E-state index >= 15 is 0 Å². The fraction of sp³-hybridized carbons (Fsp3) is 0.278. The maximum absolute atomic E-state index is 14.2. The van der Waals surface area contributed by atoms with Gasteiger partial charge in [0.1, 0.15) is 5.82 Å². The van der Waals surface area contributed by atoms with Crippen molar-refractivity contribution in [2.75, 3.05) is 0 Å². The Labute approximate surface area is 151 Å². The zero-order valence-corrected chi connectivity index (χ0v) is 14.9. The number of rotatable bonds is 5. The standard InChI is InChI=1S/C18H16ClFN2O2S/c19-15-6-8-17(9-7-15)25(23,24)22(16-2-1-3-16)12-14-5-4-13(11-21)10-18(14)20/h4-10,16H,1-3,12H2. The molecule has 0 amide bonds. The largest absolute Gasteiger partial charge is 0.243 e. The third-order valence-corrected chi connectivity index (χ3v) is 6.58. The molecule has 3 rings (SSSR count). The van der Waals surface area contributed by atoms with Crippen LogP contribution in [0.5, 0.6) is 0 Å². The smallest absolute Gasteiger partial charge is 0.207 e. The predicted octanol–water partition coefficient (Wildman–Crippen LogP) is 4.09. The Morgan fingerprint density at radius 2 is 1.88 bits per heavy atom. The molecule has 130 valence electrons. The molecule has 4 nitrogen and oxygen atoms in total. The van der Waals surface area contributed by atoms with Crippen LogP contribution < -0.4 is 0 Å². The molecule has 1 fully saturated rings. The minimum atomic E-state index is -3.77. The molecule has 2 aromatic carbocycles. The Morgan fingerprint density at radius 1 is 1.20 bits per heavy atom. The van der Waals surface area contributed by atoms with Crippen molar-refractivity contribution < 1.29 is 12.8 Å². The van der Waals surface area contributed by atoms with Crippen LogP contribution in [0.3, 0.4) is 0 Å². The number of hydrogen-bond donors (Lipinski definition) is 0. The summed E-state index contributed by atoms with van der Waals surface area (Å²) >= 11 is 5.84. The molecule has 1 aliphatic carbocycles. The van der Waals surface area contributed by atoms with E-state index in [1.54, 1.807) is 0 Å². The van der Waals surface area contributed by atoms with Crippen LogP contribution in [0.15, 0.2) is 47.4 Å². The molecule has 2 aromatic rings. The summed E-state index contributed by atoms with van der Waals surface area (Å²) < 4.78 is 41.6. The van der Waals surface area contributed by atoms with Crippen molar-refractivity contribution in [3.63, 3.8) is 0 Å². The maximum atomic E-state index is 14.2. The van der Waals surface area contributed by atoms with E-state index < -0.39 is 15.8 Å². The Kier molecular flexibility index (Phi) is 5.09. The minimum Gasteiger partial charge on any atom is -0.207 e. The molecule has 0 aromatic heterocycles. The van der Waals surface area contributed by atoms with Gasteiger partial charge in [-0.25, -0.2) is 12.8 Å². The summed E-state index contributed by atoms with van der Waals surface area (Å²) in [4.78, 5) is 0.137. The number of benzene rings is 2. The molecule has 25 heavy (non-hydrogen) atoms. The molecule has 0 aliphatic heterocycles. The Morgan fingerprint density at radius 3 is 2.40 bits per heavy atom. The summed E-state index contributed by atoms with van der Waals surface area (Å²) in [6.45, 7) is -0.0623. The van der Waals surface area contributed by atoms with E-state index in [1.807, 2.05) is 6.07 Å². The monoisotopic (exact) mass is 378 g/mol. The average Bonchev–Trinajstić information content (AvgIpc) is 2.54. The topological polar surface area (TPSA) is 61.2 Å². The molecule has 0 unspecified atom stereocenters. The second-order valence-electron chi connectivity index (χ2n) is 6.01. The van der Waals surface area contributed by atoms with E-state index in [-0.39, 0.29) is 28.6 Å². The van der Waals surface area contributed by atoms with Crippen LogP contribution in [0.4, 0.5) is 4.39 Å². The third-order valence-electron chi connectivity index (χ3n) is 4.41. The van der Waals surface area contributed by atoms with Gasteiger partial charge in [0.15, 0.2) is 0 Å². The first-order valence-electron chi connectivity index (χ1n) is 7.88. The van der Waals surface area contributed by atoms with Gasteiger partial charge >= 0.3 is 0 Å². The Balaban J connectivity index is 1.95. The van der Waals surface area contributed by atoms with E-state index in [0.29, 0.717) is 5.02 Å². The molecule has 0 saturated heterocycles. The molecular weight excluding hydrogens is 363 g/mol. The Hall–Kier alpha value is -1.94. The highest BCUT2D eigenvalue weighted by Gasteiger charge is 2.35. The predicted molar refractivity (Wildman–Crippen MR) is 92.9 cm³/mol. The molecule has 0 radical (unpaired) electrons. The number of nitriles is 1. The molecule has 0 atom stereocenters. The van der Waals surface area contributed by atoms with E-state index in [2.05, 4.69) is 0 Å². The summed E-state index contributed by atoms with van der Waals surface area (Å²) in [7, 11) is -3.77. The lowest BCUT2D eigenvalue weighted by Gasteiger charge is -2.36. The van der Waals surface area contributed by atoms with Crippen molar-refractivity contribution in [2.45, 2.75) is 36.7 Å². The average molecular weight is 379 g/mol. The number of halogens is 2. The molecule has 1 saturated carbocycles. The summed E-state index contributed by atoms with van der Waals surface area (Å²) in [5.41, 5.74) is 0.459. The minimum absolute atomic E-state index is 0.0623. The van der Waals surface area contributed by atoms with Gasteiger partial charge in [0.05, 0.1) is 16.5 Å². The van der Waals surface area contributed by atoms with Crippen LogP contribution in [0.2, 0.25) is 5.02 Å². The van der Waals surface area contributed by atoms with Crippen LogP contribution in [-0.2, 0) is 16.6 Å². The van der Waals surface area contributed by atoms with Crippen molar-refractivity contribution in [3.05, 3.63) is 64.4 Å². The zero-order chi connectivity index (χ0) is 18.0. The number of sulfonamides is 1. The van der Waals surface area contributed by atoms with Crippen molar-refractivity contribution in [3.8, 4) is 6.07 Å². The lowest BCUT2D eigenvalue weighted by Crippen LogP contribution is -2.43. The first-order valence-corrected chi connectivity index (χ1v) is 9.69. The van der Waals surface area contributed by atoms with Crippen molar-refractivity contribution in [1.82, 2.24) is 4.31 Å². The van der Waals surface area contributed by atoms with Crippen molar-refractivity contribution in [2.24, 2.45) is 0 Å². The SMILES string of the molecule is N#Cc1ccc(CN(C2CCC2)S(=O)(=O)c2ccc(Cl)cc2)c(F)c1. The molecule has 1 aliphatic rings. The fourth-order valence-corrected chi connectivity index (χ4v) is 4.53. The number of hydrogen-bond acceptors (Lipinski definition) is 3. The molecule has 7 heteroatoms. The van der Waals surface area contributed by atoms with Crippen molar-refractivity contribution >= 4 is 21.6 Å². The fourth-order valence-electron chi connectivity index (χ4n) is 2.74. The summed E-state index contributed by atoms with van der Waals surface area (Å²) in [6, 6.07) is 11.8. The molecule has 0 bridgehead atoms. The molecular formula is C18H16ClFN2O2S. The maximum Gasteiger partial charge on any atom is 0.243 e. The lowest BCUT2D eigenvalue weighted by molar-refractivity contribution is 0.212. The van der Waals surface area contributed by atoms with Crippen LogP contribution in [0.25, 0.3) is 0 Å². The highest BCUT2D eigenvalue weighted by Crippen LogP contribution is 2.32. The van der Waals surface area contributed by atoms with Crippen molar-refractivity contribution in [1.29, 1.82) is 5.26 Å². The Bertz CT molecular complexity index is 919. The van der Waals surface area contributed by atoms with Crippen LogP contribution in [-0.4, -0.2) is 18.8 Å². The first-order chi connectivity index (χ1) is 11.9. The normalized spacial score (nSPS) is 15.0. The van der Waals surface area contributed by atoms with E-state index in [0.717, 1.165) is 25.3 Å². The first kappa shape index (κ1) is 17.9. The van der Waals surface area contributed by atoms with Crippen LogP contribution in [0, 0.1) is 17.1 Å². The van der Waals surface area contributed by atoms with Gasteiger partial charge in [-0.3, -0.25) is 0 Å². The summed E-state index contributed by atoms with van der Waals surface area (Å²) in [5.74, 6) is -0.574. The summed E-state index contributed by atoms with van der Waals surface area (Å²) in [6.07, 6.45) is 2.46. The summed E-state index contributed by atoms with van der Waals surface area (Å²) in [5, 5.41) is 9.29. The lowest BCUT2D eigenvalue weighted by atomic mass is 9.93. The van der Waals surface area contributed by atoms with Gasteiger partial charge in [0.25, 0.3) is 0 Å². The quantitative estimate of drug-likeness (QED) is 0.787. The second-order valence-corrected chi connectivity index (χ2v) is 8.33. The second kappa shape index (κ2) is 7.12. The van der Waals surface area contributed by atoms with Gasteiger partial charge < -0.3 is 0 Å². The highest BCUT2D eigenvalue weighted by atomic mass is 35.5. The van der Waals surface area contributed by atoms with Gasteiger partial charge in [0.2, 0.25) is 10.0 Å². The van der Waals surface area contributed by atoms with E-state index in [4.69, 9.17) is 16.9 Å². The van der Waals surface area contributed by atoms with Gasteiger partial charge in [-0.2, -0.15) is 9.57 Å². The number of nitrogens with zero attached hydrogens (tertiary/aromatic N) is 2. The van der Waals surface area contributed by atoms with Gasteiger partial charge in [-0.05, 0) is 49.2 Å². The molecule has 0 spiro atoms. The van der Waals surface area contributed by atoms with Crippen LogP contribution in [0.1, 0.15) is 30.4 Å². The zero-order valence-electron chi connectivity index (χ0n) is 13.3. The molecule has 0 N–H and O–H groups in total. The van der Waals surface area contributed by atoms with Crippen LogP contribution >= 0.6 is 11.6 Å².